The largest absolute Gasteiger partial charge is 0.477 e. The lowest BCUT2D eigenvalue weighted by Crippen LogP contribution is -2.30. The molecule has 1 rings (SSSR count). The van der Waals surface area contributed by atoms with Crippen molar-refractivity contribution in [1.29, 1.82) is 0 Å². The molecule has 0 atom stereocenters. The zero-order valence-electron chi connectivity index (χ0n) is 10.7. The maximum absolute atomic E-state index is 12.0. The smallest absolute Gasteiger partial charge is 0.341 e. The number of nitrogens with zero attached hydrogens (tertiary/aromatic N) is 1. The SMILES string of the molecule is CC(C)Cc1ccc(C(=O)O)c(=O)n1C(C)C. The summed E-state index contributed by atoms with van der Waals surface area (Å²) in [6.07, 6.45) is 0.771. The molecule has 4 heteroatoms. The zero-order valence-corrected chi connectivity index (χ0v) is 10.7. The monoisotopic (exact) mass is 237 g/mol. The Balaban J connectivity index is 3.40. The molecule has 1 aromatic rings. The number of carboxylic acids is 1. The van der Waals surface area contributed by atoms with Crippen molar-refractivity contribution in [1.82, 2.24) is 4.57 Å². The molecule has 0 saturated heterocycles. The van der Waals surface area contributed by atoms with Gasteiger partial charge < -0.3 is 9.67 Å². The molecule has 0 saturated carbocycles. The van der Waals surface area contributed by atoms with Crippen LogP contribution in [0.15, 0.2) is 16.9 Å². The van der Waals surface area contributed by atoms with Gasteiger partial charge in [0.1, 0.15) is 5.56 Å². The Kier molecular flexibility index (Phi) is 4.10. The Hall–Kier alpha value is -1.58. The molecule has 94 valence electrons. The van der Waals surface area contributed by atoms with Crippen LogP contribution in [0.2, 0.25) is 0 Å². The fraction of sp³-hybridized carbons (Fsp3) is 0.538. The first kappa shape index (κ1) is 13.5. The molecule has 0 aliphatic carbocycles. The molecular weight excluding hydrogens is 218 g/mol. The molecule has 1 N–H and O–H groups in total. The molecule has 17 heavy (non-hydrogen) atoms. The third kappa shape index (κ3) is 2.96. The van der Waals surface area contributed by atoms with Gasteiger partial charge in [0.05, 0.1) is 0 Å². The predicted molar refractivity (Wildman–Crippen MR) is 66.6 cm³/mol. The van der Waals surface area contributed by atoms with Crippen LogP contribution in [0, 0.1) is 5.92 Å². The van der Waals surface area contributed by atoms with Crippen molar-refractivity contribution in [3.63, 3.8) is 0 Å². The summed E-state index contributed by atoms with van der Waals surface area (Å²) in [7, 11) is 0. The standard InChI is InChI=1S/C13H19NO3/c1-8(2)7-10-5-6-11(13(16)17)12(15)14(10)9(3)4/h5-6,8-9H,7H2,1-4H3,(H,16,17). The maximum atomic E-state index is 12.0. The zero-order chi connectivity index (χ0) is 13.2. The molecule has 0 amide bonds. The highest BCUT2D eigenvalue weighted by atomic mass is 16.4. The van der Waals surface area contributed by atoms with Gasteiger partial charge in [-0.3, -0.25) is 4.79 Å². The van der Waals surface area contributed by atoms with Crippen LogP contribution < -0.4 is 5.56 Å². The minimum Gasteiger partial charge on any atom is -0.477 e. The second kappa shape index (κ2) is 5.17. The van der Waals surface area contributed by atoms with Crippen molar-refractivity contribution in [2.75, 3.05) is 0 Å². The second-order valence-electron chi connectivity index (χ2n) is 4.91. The molecule has 0 spiro atoms. The quantitative estimate of drug-likeness (QED) is 0.874. The summed E-state index contributed by atoms with van der Waals surface area (Å²) in [6, 6.07) is 3.11. The van der Waals surface area contributed by atoms with Crippen molar-refractivity contribution in [3.8, 4) is 0 Å². The number of carboxylic acid groups (broad SMARTS) is 1. The van der Waals surface area contributed by atoms with Gasteiger partial charge >= 0.3 is 5.97 Å². The van der Waals surface area contributed by atoms with Crippen LogP contribution in [0.4, 0.5) is 0 Å². The van der Waals surface area contributed by atoms with Crippen LogP contribution >= 0.6 is 0 Å². The van der Waals surface area contributed by atoms with E-state index in [1.54, 1.807) is 10.6 Å². The second-order valence-corrected chi connectivity index (χ2v) is 4.91. The first-order chi connectivity index (χ1) is 7.84. The summed E-state index contributed by atoms with van der Waals surface area (Å²) in [5.74, 6) is -0.740. The van der Waals surface area contributed by atoms with Crippen LogP contribution in [-0.4, -0.2) is 15.6 Å². The summed E-state index contributed by atoms with van der Waals surface area (Å²) in [6.45, 7) is 7.91. The van der Waals surface area contributed by atoms with E-state index in [2.05, 4.69) is 13.8 Å². The minimum atomic E-state index is -1.17. The van der Waals surface area contributed by atoms with Crippen LogP contribution in [0.5, 0.6) is 0 Å². The molecule has 1 heterocycles. The molecule has 0 unspecified atom stereocenters. The van der Waals surface area contributed by atoms with Gasteiger partial charge in [0.25, 0.3) is 5.56 Å². The Morgan fingerprint density at radius 1 is 1.29 bits per heavy atom. The number of hydrogen-bond donors (Lipinski definition) is 1. The molecular formula is C13H19NO3. The number of pyridine rings is 1. The number of hydrogen-bond acceptors (Lipinski definition) is 2. The fourth-order valence-corrected chi connectivity index (χ4v) is 1.90. The summed E-state index contributed by atoms with van der Waals surface area (Å²) in [4.78, 5) is 23.0. The summed E-state index contributed by atoms with van der Waals surface area (Å²) >= 11 is 0. The highest BCUT2D eigenvalue weighted by molar-refractivity contribution is 5.87. The van der Waals surface area contributed by atoms with E-state index in [4.69, 9.17) is 5.11 Å². The molecule has 0 aliphatic rings. The third-order valence-electron chi connectivity index (χ3n) is 2.57. The predicted octanol–water partition coefficient (Wildman–Crippen LogP) is 2.33. The lowest BCUT2D eigenvalue weighted by atomic mass is 10.1. The van der Waals surface area contributed by atoms with Gasteiger partial charge in [0, 0.05) is 11.7 Å². The van der Waals surface area contributed by atoms with Crippen LogP contribution in [0.3, 0.4) is 0 Å². The molecule has 0 fully saturated rings. The Labute approximate surface area is 101 Å². The van der Waals surface area contributed by atoms with Crippen molar-refractivity contribution >= 4 is 5.97 Å². The molecule has 4 nitrogen and oxygen atoms in total. The topological polar surface area (TPSA) is 59.3 Å². The lowest BCUT2D eigenvalue weighted by Gasteiger charge is -2.18. The van der Waals surface area contributed by atoms with Gasteiger partial charge in [-0.05, 0) is 38.3 Å². The van der Waals surface area contributed by atoms with E-state index in [0.29, 0.717) is 5.92 Å². The highest BCUT2D eigenvalue weighted by Crippen LogP contribution is 2.12. The average molecular weight is 237 g/mol. The summed E-state index contributed by atoms with van der Waals surface area (Å²) in [5, 5.41) is 8.93. The average Bonchev–Trinajstić information content (AvgIpc) is 2.15. The van der Waals surface area contributed by atoms with E-state index in [9.17, 15) is 9.59 Å². The van der Waals surface area contributed by atoms with Crippen molar-refractivity contribution < 1.29 is 9.90 Å². The Bertz CT molecular complexity index is 472. The van der Waals surface area contributed by atoms with Gasteiger partial charge in [-0.2, -0.15) is 0 Å². The molecule has 0 aromatic carbocycles. The summed E-state index contributed by atoms with van der Waals surface area (Å²) < 4.78 is 1.57. The number of rotatable bonds is 4. The molecule has 1 aromatic heterocycles. The van der Waals surface area contributed by atoms with E-state index in [1.807, 2.05) is 13.8 Å². The van der Waals surface area contributed by atoms with Gasteiger partial charge in [0.2, 0.25) is 0 Å². The normalized spacial score (nSPS) is 11.2. The van der Waals surface area contributed by atoms with Crippen LogP contribution in [0.1, 0.15) is 49.8 Å². The Morgan fingerprint density at radius 2 is 1.88 bits per heavy atom. The van der Waals surface area contributed by atoms with Gasteiger partial charge in [-0.1, -0.05) is 13.8 Å². The maximum Gasteiger partial charge on any atom is 0.341 e. The van der Waals surface area contributed by atoms with Crippen LogP contribution in [0.25, 0.3) is 0 Å². The van der Waals surface area contributed by atoms with Crippen LogP contribution in [-0.2, 0) is 6.42 Å². The minimum absolute atomic E-state index is 0.0319. The van der Waals surface area contributed by atoms with Crippen molar-refractivity contribution in [3.05, 3.63) is 33.7 Å². The van der Waals surface area contributed by atoms with Gasteiger partial charge in [-0.15, -0.1) is 0 Å². The lowest BCUT2D eigenvalue weighted by molar-refractivity contribution is 0.0694. The van der Waals surface area contributed by atoms with Gasteiger partial charge in [-0.25, -0.2) is 4.79 Å². The first-order valence-electron chi connectivity index (χ1n) is 5.82. The van der Waals surface area contributed by atoms with Crippen molar-refractivity contribution in [2.45, 2.75) is 40.2 Å². The first-order valence-corrected chi connectivity index (χ1v) is 5.82. The van der Waals surface area contributed by atoms with E-state index in [1.165, 1.54) is 6.07 Å². The molecule has 0 radical (unpaired) electrons. The molecule has 0 bridgehead atoms. The Morgan fingerprint density at radius 3 is 2.29 bits per heavy atom. The number of aromatic carboxylic acids is 1. The fourth-order valence-electron chi connectivity index (χ4n) is 1.90. The van der Waals surface area contributed by atoms with Crippen molar-refractivity contribution in [2.24, 2.45) is 5.92 Å². The number of carbonyl (C=O) groups is 1. The third-order valence-corrected chi connectivity index (χ3v) is 2.57. The molecule has 0 aliphatic heterocycles. The summed E-state index contributed by atoms with van der Waals surface area (Å²) in [5.41, 5.74) is 0.321. The van der Waals surface area contributed by atoms with E-state index >= 15 is 0 Å². The van der Waals surface area contributed by atoms with E-state index in [-0.39, 0.29) is 11.6 Å². The van der Waals surface area contributed by atoms with E-state index in [0.717, 1.165) is 12.1 Å². The van der Waals surface area contributed by atoms with E-state index < -0.39 is 11.5 Å². The number of aromatic nitrogens is 1. The van der Waals surface area contributed by atoms with Gasteiger partial charge in [0.15, 0.2) is 0 Å². The highest BCUT2D eigenvalue weighted by Gasteiger charge is 2.16.